The number of hydrogen-bond donors (Lipinski definition) is 1. The Morgan fingerprint density at radius 1 is 1.17 bits per heavy atom. The molecule has 0 saturated heterocycles. The minimum Gasteiger partial charge on any atom is -0.425 e. The van der Waals surface area contributed by atoms with Gasteiger partial charge in [0.25, 0.3) is 5.91 Å². The molecule has 2 heterocycles. The zero-order valence-corrected chi connectivity index (χ0v) is 18.5. The van der Waals surface area contributed by atoms with E-state index in [2.05, 4.69) is 56.8 Å². The number of nitrogens with zero attached hydrogens (tertiary/aromatic N) is 2. The zero-order chi connectivity index (χ0) is 21.8. The Morgan fingerprint density at radius 2 is 1.86 bits per heavy atom. The summed E-state index contributed by atoms with van der Waals surface area (Å²) in [5, 5.41) is 2.70. The molecule has 0 saturated carbocycles. The maximum Gasteiger partial charge on any atom is 0.328 e. The van der Waals surface area contributed by atoms with E-state index in [4.69, 9.17) is 4.65 Å². The normalized spacial score (nSPS) is 12.0. The van der Waals surface area contributed by atoms with E-state index in [0.717, 1.165) is 24.4 Å². The van der Waals surface area contributed by atoms with Crippen LogP contribution in [-0.2, 0) is 4.65 Å². The Morgan fingerprint density at radius 3 is 2.41 bits per heavy atom. The lowest BCUT2D eigenvalue weighted by Crippen LogP contribution is -2.48. The lowest BCUT2D eigenvalue weighted by Gasteiger charge is -2.41. The molecule has 156 valence electrons. The van der Waals surface area contributed by atoms with Gasteiger partial charge in [-0.05, 0) is 44.0 Å². The van der Waals surface area contributed by atoms with Gasteiger partial charge in [0.1, 0.15) is 11.6 Å². The van der Waals surface area contributed by atoms with Crippen molar-refractivity contribution in [3.8, 4) is 0 Å². The van der Waals surface area contributed by atoms with Gasteiger partial charge in [-0.1, -0.05) is 40.2 Å². The summed E-state index contributed by atoms with van der Waals surface area (Å²) in [5.41, 5.74) is 1.08. The zero-order valence-electron chi connectivity index (χ0n) is 18.5. The number of hydrogen-bond acceptors (Lipinski definition) is 4. The van der Waals surface area contributed by atoms with E-state index in [-0.39, 0.29) is 29.1 Å². The van der Waals surface area contributed by atoms with Gasteiger partial charge in [0.05, 0.1) is 17.4 Å². The summed E-state index contributed by atoms with van der Waals surface area (Å²) in [6, 6.07) is 3.66. The molecule has 0 bridgehead atoms. The van der Waals surface area contributed by atoms with Gasteiger partial charge in [-0.3, -0.25) is 9.78 Å². The van der Waals surface area contributed by atoms with Crippen LogP contribution in [0.3, 0.4) is 0 Å². The SMILES string of the molecule is CCCB(OC(C)(C)C(C)(C)C)c1ccc(NC(=O)c2cncc(F)c2C)nc1. The molecule has 1 amide bonds. The smallest absolute Gasteiger partial charge is 0.328 e. The Hall–Kier alpha value is -2.28. The van der Waals surface area contributed by atoms with Crippen molar-refractivity contribution in [3.05, 3.63) is 47.7 Å². The van der Waals surface area contributed by atoms with Gasteiger partial charge >= 0.3 is 6.92 Å². The van der Waals surface area contributed by atoms with E-state index in [1.807, 2.05) is 6.07 Å². The van der Waals surface area contributed by atoms with Crippen molar-refractivity contribution in [2.75, 3.05) is 5.32 Å². The first kappa shape index (κ1) is 23.0. The van der Waals surface area contributed by atoms with E-state index in [0.29, 0.717) is 5.82 Å². The lowest BCUT2D eigenvalue weighted by molar-refractivity contribution is -0.000644. The molecule has 0 aromatic carbocycles. The first-order valence-corrected chi connectivity index (χ1v) is 10.0. The van der Waals surface area contributed by atoms with Crippen molar-refractivity contribution in [2.24, 2.45) is 5.41 Å². The molecule has 2 aromatic rings. The average Bonchev–Trinajstić information content (AvgIpc) is 2.63. The Kier molecular flexibility index (Phi) is 7.17. The van der Waals surface area contributed by atoms with Crippen LogP contribution in [0.4, 0.5) is 10.2 Å². The van der Waals surface area contributed by atoms with Crippen LogP contribution in [0.25, 0.3) is 0 Å². The van der Waals surface area contributed by atoms with E-state index >= 15 is 0 Å². The van der Waals surface area contributed by atoms with Crippen LogP contribution in [0.5, 0.6) is 0 Å². The molecule has 0 atom stereocenters. The molecule has 0 fully saturated rings. The molecule has 0 aliphatic carbocycles. The van der Waals surface area contributed by atoms with Crippen LogP contribution >= 0.6 is 0 Å². The summed E-state index contributed by atoms with van der Waals surface area (Å²) < 4.78 is 20.1. The maximum atomic E-state index is 13.6. The van der Waals surface area contributed by atoms with Gasteiger partial charge in [-0.2, -0.15) is 0 Å². The summed E-state index contributed by atoms with van der Waals surface area (Å²) in [5.74, 6) is -0.556. The third kappa shape index (κ3) is 5.63. The minimum atomic E-state index is -0.512. The van der Waals surface area contributed by atoms with Gasteiger partial charge in [-0.15, -0.1) is 0 Å². The number of nitrogens with one attached hydrogen (secondary N) is 1. The van der Waals surface area contributed by atoms with E-state index in [1.54, 1.807) is 19.2 Å². The Bertz CT molecular complexity index is 848. The van der Waals surface area contributed by atoms with Gasteiger partial charge in [0.15, 0.2) is 0 Å². The fourth-order valence-corrected chi connectivity index (χ4v) is 2.67. The van der Waals surface area contributed by atoms with Crippen molar-refractivity contribution in [2.45, 2.75) is 66.8 Å². The number of amides is 1. The summed E-state index contributed by atoms with van der Waals surface area (Å²) in [7, 11) is 0. The summed E-state index contributed by atoms with van der Waals surface area (Å²) in [6.07, 6.45) is 6.02. The molecule has 5 nitrogen and oxygen atoms in total. The molecule has 29 heavy (non-hydrogen) atoms. The molecule has 2 aromatic heterocycles. The monoisotopic (exact) mass is 399 g/mol. The number of rotatable bonds is 7. The molecule has 0 unspecified atom stereocenters. The average molecular weight is 399 g/mol. The number of aromatic nitrogens is 2. The molecular weight excluding hydrogens is 368 g/mol. The molecule has 0 aliphatic heterocycles. The first-order valence-electron chi connectivity index (χ1n) is 10.0. The molecule has 2 rings (SSSR count). The van der Waals surface area contributed by atoms with E-state index in [9.17, 15) is 9.18 Å². The molecule has 0 radical (unpaired) electrons. The molecule has 0 aliphatic rings. The topological polar surface area (TPSA) is 64.1 Å². The maximum absolute atomic E-state index is 13.6. The highest BCUT2D eigenvalue weighted by atomic mass is 19.1. The largest absolute Gasteiger partial charge is 0.425 e. The molecule has 1 N–H and O–H groups in total. The van der Waals surface area contributed by atoms with Gasteiger partial charge in [-0.25, -0.2) is 9.37 Å². The van der Waals surface area contributed by atoms with Crippen molar-refractivity contribution >= 4 is 24.1 Å². The Labute approximate surface area is 173 Å². The van der Waals surface area contributed by atoms with Gasteiger partial charge in [0, 0.05) is 18.0 Å². The summed E-state index contributed by atoms with van der Waals surface area (Å²) >= 11 is 0. The second kappa shape index (κ2) is 9.03. The van der Waals surface area contributed by atoms with Crippen LogP contribution in [0.15, 0.2) is 30.7 Å². The fraction of sp³-hybridized carbons (Fsp3) is 0.500. The highest BCUT2D eigenvalue weighted by Gasteiger charge is 2.37. The van der Waals surface area contributed by atoms with E-state index < -0.39 is 11.7 Å². The highest BCUT2D eigenvalue weighted by Crippen LogP contribution is 2.34. The quantitative estimate of drug-likeness (QED) is 0.690. The van der Waals surface area contributed by atoms with Crippen LogP contribution in [0, 0.1) is 18.2 Å². The molecule has 0 spiro atoms. The number of carbonyl (C=O) groups is 1. The number of anilines is 1. The number of pyridine rings is 2. The number of carbonyl (C=O) groups excluding carboxylic acids is 1. The predicted molar refractivity (Wildman–Crippen MR) is 116 cm³/mol. The highest BCUT2D eigenvalue weighted by molar-refractivity contribution is 6.67. The van der Waals surface area contributed by atoms with E-state index in [1.165, 1.54) is 6.20 Å². The number of halogens is 1. The third-order valence-electron chi connectivity index (χ3n) is 5.59. The molecular formula is C22H31BFN3O2. The predicted octanol–water partition coefficient (Wildman–Crippen LogP) is 4.63. The fourth-order valence-electron chi connectivity index (χ4n) is 2.67. The van der Waals surface area contributed by atoms with Gasteiger partial charge in [0.2, 0.25) is 0 Å². The van der Waals surface area contributed by atoms with Crippen LogP contribution in [0.1, 0.15) is 63.9 Å². The molecule has 7 heteroatoms. The lowest BCUT2D eigenvalue weighted by atomic mass is 9.56. The standard InChI is InChI=1S/C22H31BFN3O2/c1-8-11-23(29-22(6,7)21(3,4)5)16-9-10-19(26-12-16)27-20(28)17-13-25-14-18(24)15(17)2/h9-10,12-14H,8,11H2,1-7H3,(H,26,27,28). The van der Waals surface area contributed by atoms with Crippen molar-refractivity contribution in [1.29, 1.82) is 0 Å². The van der Waals surface area contributed by atoms with Crippen LogP contribution in [0.2, 0.25) is 6.32 Å². The van der Waals surface area contributed by atoms with Crippen molar-refractivity contribution in [3.63, 3.8) is 0 Å². The second-order valence-electron chi connectivity index (χ2n) is 8.88. The van der Waals surface area contributed by atoms with Crippen molar-refractivity contribution in [1.82, 2.24) is 9.97 Å². The summed E-state index contributed by atoms with van der Waals surface area (Å²) in [4.78, 5) is 20.5. The van der Waals surface area contributed by atoms with Gasteiger partial charge < -0.3 is 9.97 Å². The van der Waals surface area contributed by atoms with Crippen molar-refractivity contribution < 1.29 is 13.8 Å². The third-order valence-corrected chi connectivity index (χ3v) is 5.59. The van der Waals surface area contributed by atoms with Crippen LogP contribution in [-0.4, -0.2) is 28.4 Å². The second-order valence-corrected chi connectivity index (χ2v) is 8.88. The minimum absolute atomic E-state index is 0.0167. The first-order chi connectivity index (χ1) is 13.5. The summed E-state index contributed by atoms with van der Waals surface area (Å²) in [6.45, 7) is 14.3. The Balaban J connectivity index is 2.16. The van der Waals surface area contributed by atoms with Crippen LogP contribution < -0.4 is 10.8 Å².